The minimum atomic E-state index is -0.115. The van der Waals surface area contributed by atoms with Crippen LogP contribution in [0.5, 0.6) is 0 Å². The van der Waals surface area contributed by atoms with E-state index in [-0.39, 0.29) is 23.9 Å². The molecule has 2 atom stereocenters. The van der Waals surface area contributed by atoms with Crippen LogP contribution in [0.2, 0.25) is 0 Å². The predicted octanol–water partition coefficient (Wildman–Crippen LogP) is 3.50. The number of fused-ring (bicyclic) bond motifs is 1. The fourth-order valence-corrected chi connectivity index (χ4v) is 4.74. The van der Waals surface area contributed by atoms with Crippen LogP contribution in [0, 0.1) is 5.92 Å². The topological polar surface area (TPSA) is 77.6 Å². The van der Waals surface area contributed by atoms with Crippen LogP contribution < -0.4 is 10.6 Å². The van der Waals surface area contributed by atoms with Gasteiger partial charge in [0.05, 0.1) is 5.92 Å². The van der Waals surface area contributed by atoms with Crippen molar-refractivity contribution in [1.82, 2.24) is 20.1 Å². The molecule has 3 heterocycles. The van der Waals surface area contributed by atoms with E-state index in [0.29, 0.717) is 19.5 Å². The van der Waals surface area contributed by atoms with Gasteiger partial charge in [-0.25, -0.2) is 4.79 Å². The highest BCUT2D eigenvalue weighted by Gasteiger charge is 2.39. The average molecular weight is 436 g/mol. The Balaban J connectivity index is 1.54. The number of urea groups is 1. The molecule has 32 heavy (non-hydrogen) atoms. The number of aromatic nitrogens is 1. The summed E-state index contributed by atoms with van der Waals surface area (Å²) in [5, 5.41) is 6.16. The third-order valence-corrected chi connectivity index (χ3v) is 6.51. The minimum Gasteiger partial charge on any atom is -0.356 e. The third-order valence-electron chi connectivity index (χ3n) is 6.51. The maximum atomic E-state index is 13.1. The zero-order chi connectivity index (χ0) is 22.2. The first-order chi connectivity index (χ1) is 15.7. The summed E-state index contributed by atoms with van der Waals surface area (Å²) in [6, 6.07) is 13.5. The first kappa shape index (κ1) is 22.3. The molecule has 0 radical (unpaired) electrons. The fraction of sp³-hybridized carbons (Fsp3) is 0.480. The lowest BCUT2D eigenvalue weighted by Gasteiger charge is -2.43. The number of nitrogens with one attached hydrogen (secondary N) is 2. The van der Waals surface area contributed by atoms with E-state index in [1.165, 1.54) is 5.56 Å². The molecule has 0 saturated carbocycles. The summed E-state index contributed by atoms with van der Waals surface area (Å²) in [4.78, 5) is 34.5. The summed E-state index contributed by atoms with van der Waals surface area (Å²) >= 11 is 0. The number of pyridine rings is 1. The quantitative estimate of drug-likeness (QED) is 0.774. The number of hydrogen-bond donors (Lipinski definition) is 2. The van der Waals surface area contributed by atoms with Crippen LogP contribution >= 0.6 is 0 Å². The molecule has 7 heteroatoms. The van der Waals surface area contributed by atoms with Crippen molar-refractivity contribution in [2.75, 3.05) is 31.5 Å². The van der Waals surface area contributed by atoms with Gasteiger partial charge < -0.3 is 15.5 Å². The summed E-state index contributed by atoms with van der Waals surface area (Å²) in [7, 11) is 0. The van der Waals surface area contributed by atoms with E-state index in [9.17, 15) is 9.59 Å². The highest BCUT2D eigenvalue weighted by atomic mass is 16.2. The molecule has 0 spiro atoms. The van der Waals surface area contributed by atoms with Crippen LogP contribution in [0.3, 0.4) is 0 Å². The fourth-order valence-electron chi connectivity index (χ4n) is 4.74. The number of carbonyl (C=O) groups excluding carboxylic acids is 2. The van der Waals surface area contributed by atoms with E-state index in [1.54, 1.807) is 0 Å². The van der Waals surface area contributed by atoms with Gasteiger partial charge in [0.1, 0.15) is 0 Å². The molecular formula is C25H33N5O2. The molecule has 4 rings (SSSR count). The normalized spacial score (nSPS) is 22.9. The van der Waals surface area contributed by atoms with Crippen LogP contribution in [0.15, 0.2) is 54.9 Å². The van der Waals surface area contributed by atoms with Gasteiger partial charge in [-0.3, -0.25) is 14.7 Å². The van der Waals surface area contributed by atoms with Crippen molar-refractivity contribution in [3.8, 4) is 0 Å². The van der Waals surface area contributed by atoms with Crippen molar-refractivity contribution < 1.29 is 9.59 Å². The second kappa shape index (κ2) is 11.1. The molecule has 1 aromatic heterocycles. The second-order valence-corrected chi connectivity index (χ2v) is 8.74. The smallest absolute Gasteiger partial charge is 0.321 e. The van der Waals surface area contributed by atoms with Crippen LogP contribution in [0.4, 0.5) is 10.5 Å². The van der Waals surface area contributed by atoms with Crippen LogP contribution in [0.1, 0.15) is 37.7 Å². The number of rotatable bonds is 3. The summed E-state index contributed by atoms with van der Waals surface area (Å²) in [6.45, 7) is 3.54. The first-order valence-electron chi connectivity index (χ1n) is 11.7. The molecule has 2 fully saturated rings. The number of piperidine rings is 1. The molecular weight excluding hydrogens is 402 g/mol. The standard InChI is InChI=1S/C25H33N5O2/c31-24-22-12-17-30(25(32)28-21-8-4-3-5-9-21)19-23(22)29(16-7-2-1-6-13-27-24)18-20-10-14-26-15-11-20/h3-5,8-11,14-15,22-23H,1-2,6-7,12-13,16-19H2,(H,27,31)(H,28,32)/t22-,23+/m0/s1. The third kappa shape index (κ3) is 5.85. The number of para-hydroxylation sites is 1. The molecule has 0 bridgehead atoms. The van der Waals surface area contributed by atoms with E-state index < -0.39 is 0 Å². The molecule has 2 aliphatic heterocycles. The number of hydrogen-bond acceptors (Lipinski definition) is 4. The molecule has 0 unspecified atom stereocenters. The van der Waals surface area contributed by atoms with Crippen molar-refractivity contribution in [3.63, 3.8) is 0 Å². The molecule has 1 aromatic carbocycles. The van der Waals surface area contributed by atoms with Crippen LogP contribution in [0.25, 0.3) is 0 Å². The summed E-state index contributed by atoms with van der Waals surface area (Å²) in [6.07, 6.45) is 8.70. The molecule has 0 aliphatic carbocycles. The van der Waals surface area contributed by atoms with Crippen molar-refractivity contribution in [1.29, 1.82) is 0 Å². The summed E-state index contributed by atoms with van der Waals surface area (Å²) in [5.41, 5.74) is 1.97. The van der Waals surface area contributed by atoms with Gasteiger partial charge in [-0.2, -0.15) is 0 Å². The lowest BCUT2D eigenvalue weighted by molar-refractivity contribution is -0.129. The van der Waals surface area contributed by atoms with Gasteiger partial charge in [-0.05, 0) is 55.6 Å². The average Bonchev–Trinajstić information content (AvgIpc) is 2.86. The Kier molecular flexibility index (Phi) is 7.72. The monoisotopic (exact) mass is 435 g/mol. The largest absolute Gasteiger partial charge is 0.356 e. The van der Waals surface area contributed by atoms with Gasteiger partial charge in [0.25, 0.3) is 0 Å². The Morgan fingerprint density at radius 1 is 1.03 bits per heavy atom. The van der Waals surface area contributed by atoms with Gasteiger partial charge in [0.2, 0.25) is 5.91 Å². The number of carbonyl (C=O) groups is 2. The number of nitrogens with zero attached hydrogens (tertiary/aromatic N) is 3. The van der Waals surface area contributed by atoms with E-state index in [0.717, 1.165) is 51.0 Å². The van der Waals surface area contributed by atoms with Gasteiger partial charge in [-0.1, -0.05) is 31.0 Å². The number of benzene rings is 1. The van der Waals surface area contributed by atoms with E-state index in [2.05, 4.69) is 20.5 Å². The highest BCUT2D eigenvalue weighted by molar-refractivity contribution is 5.89. The predicted molar refractivity (Wildman–Crippen MR) is 125 cm³/mol. The SMILES string of the molecule is O=C1NCCCCCCN(Cc2ccncc2)[C@@H]2CN(C(=O)Nc3ccccc3)CC[C@H]12. The van der Waals surface area contributed by atoms with Crippen LogP contribution in [-0.4, -0.2) is 58.9 Å². The zero-order valence-corrected chi connectivity index (χ0v) is 18.6. The molecule has 2 aliphatic rings. The molecule has 2 N–H and O–H groups in total. The molecule has 2 aromatic rings. The van der Waals surface area contributed by atoms with Crippen LogP contribution in [-0.2, 0) is 11.3 Å². The van der Waals surface area contributed by atoms with Crippen molar-refractivity contribution in [3.05, 3.63) is 60.4 Å². The summed E-state index contributed by atoms with van der Waals surface area (Å²) < 4.78 is 0. The Bertz CT molecular complexity index is 876. The Morgan fingerprint density at radius 3 is 2.62 bits per heavy atom. The van der Waals surface area contributed by atoms with E-state index in [4.69, 9.17) is 0 Å². The van der Waals surface area contributed by atoms with Gasteiger partial charge >= 0.3 is 6.03 Å². The number of anilines is 1. The lowest BCUT2D eigenvalue weighted by atomic mass is 9.89. The highest BCUT2D eigenvalue weighted by Crippen LogP contribution is 2.26. The van der Waals surface area contributed by atoms with Gasteiger partial charge in [0, 0.05) is 50.3 Å². The Hall–Kier alpha value is -2.93. The summed E-state index contributed by atoms with van der Waals surface area (Å²) in [5.74, 6) is 0.00968. The molecule has 7 nitrogen and oxygen atoms in total. The molecule has 2 saturated heterocycles. The van der Waals surface area contributed by atoms with Gasteiger partial charge in [-0.15, -0.1) is 0 Å². The number of likely N-dealkylation sites (tertiary alicyclic amines) is 1. The zero-order valence-electron chi connectivity index (χ0n) is 18.6. The second-order valence-electron chi connectivity index (χ2n) is 8.74. The Morgan fingerprint density at radius 2 is 1.81 bits per heavy atom. The minimum absolute atomic E-state index is 0.0171. The van der Waals surface area contributed by atoms with E-state index in [1.807, 2.05) is 59.8 Å². The lowest BCUT2D eigenvalue weighted by Crippen LogP contribution is -2.58. The van der Waals surface area contributed by atoms with Crippen molar-refractivity contribution >= 4 is 17.6 Å². The molecule has 170 valence electrons. The first-order valence-corrected chi connectivity index (χ1v) is 11.7. The van der Waals surface area contributed by atoms with Crippen molar-refractivity contribution in [2.24, 2.45) is 5.92 Å². The molecule has 3 amide bonds. The van der Waals surface area contributed by atoms with Crippen molar-refractivity contribution in [2.45, 2.75) is 44.7 Å². The van der Waals surface area contributed by atoms with E-state index >= 15 is 0 Å². The van der Waals surface area contributed by atoms with Gasteiger partial charge in [0.15, 0.2) is 0 Å². The Labute approximate surface area is 190 Å². The maximum Gasteiger partial charge on any atom is 0.321 e. The maximum absolute atomic E-state index is 13.1. The number of amides is 3.